The van der Waals surface area contributed by atoms with E-state index in [4.69, 9.17) is 21.6 Å². The van der Waals surface area contributed by atoms with E-state index in [1.807, 2.05) is 42.5 Å². The standard InChI is InChI=1S/C22H24ClN5/c23-19-8-6-17(7-9-19)20-15-21(25-11-4-14-28-12-1-2-13-28)27-22(26-20)18-5-3-10-24-16-18/h3,5-10,15-16H,1-2,4,11-14H2,(H,25,26,27). The van der Waals surface area contributed by atoms with Crippen LogP contribution >= 0.6 is 11.6 Å². The number of benzene rings is 1. The molecule has 1 aromatic carbocycles. The molecule has 0 bridgehead atoms. The first-order valence-corrected chi connectivity index (χ1v) is 10.2. The van der Waals surface area contributed by atoms with Crippen molar-refractivity contribution in [2.24, 2.45) is 0 Å². The molecule has 1 aliphatic heterocycles. The zero-order valence-electron chi connectivity index (χ0n) is 15.8. The molecule has 5 nitrogen and oxygen atoms in total. The van der Waals surface area contributed by atoms with Gasteiger partial charge in [-0.25, -0.2) is 9.97 Å². The highest BCUT2D eigenvalue weighted by Crippen LogP contribution is 2.25. The molecule has 4 rings (SSSR count). The van der Waals surface area contributed by atoms with Gasteiger partial charge in [0, 0.05) is 41.2 Å². The van der Waals surface area contributed by atoms with Crippen molar-refractivity contribution < 1.29 is 0 Å². The van der Waals surface area contributed by atoms with Crippen LogP contribution in [0.4, 0.5) is 5.82 Å². The Balaban J connectivity index is 1.54. The summed E-state index contributed by atoms with van der Waals surface area (Å²) < 4.78 is 0. The molecule has 144 valence electrons. The average Bonchev–Trinajstić information content (AvgIpc) is 3.26. The molecule has 0 spiro atoms. The van der Waals surface area contributed by atoms with Crippen LogP contribution in [0.25, 0.3) is 22.6 Å². The second-order valence-corrected chi connectivity index (χ2v) is 7.48. The molecule has 0 radical (unpaired) electrons. The third-order valence-electron chi connectivity index (χ3n) is 4.94. The SMILES string of the molecule is Clc1ccc(-c2cc(NCCCN3CCCC3)nc(-c3cccnc3)n2)cc1. The highest BCUT2D eigenvalue weighted by atomic mass is 35.5. The monoisotopic (exact) mass is 393 g/mol. The summed E-state index contributed by atoms with van der Waals surface area (Å²) >= 11 is 6.04. The summed E-state index contributed by atoms with van der Waals surface area (Å²) in [7, 11) is 0. The summed E-state index contributed by atoms with van der Waals surface area (Å²) in [6, 6.07) is 13.6. The number of hydrogen-bond acceptors (Lipinski definition) is 5. The number of nitrogens with one attached hydrogen (secondary N) is 1. The van der Waals surface area contributed by atoms with Gasteiger partial charge in [-0.15, -0.1) is 0 Å². The Morgan fingerprint density at radius 3 is 2.57 bits per heavy atom. The molecule has 1 saturated heterocycles. The van der Waals surface area contributed by atoms with E-state index < -0.39 is 0 Å². The first kappa shape index (κ1) is 18.8. The smallest absolute Gasteiger partial charge is 0.163 e. The fourth-order valence-corrected chi connectivity index (χ4v) is 3.58. The molecule has 6 heteroatoms. The van der Waals surface area contributed by atoms with Crippen molar-refractivity contribution in [3.63, 3.8) is 0 Å². The topological polar surface area (TPSA) is 53.9 Å². The molecule has 0 saturated carbocycles. The number of aromatic nitrogens is 3. The Morgan fingerprint density at radius 1 is 1.00 bits per heavy atom. The minimum atomic E-state index is 0.669. The minimum absolute atomic E-state index is 0.669. The van der Waals surface area contributed by atoms with Crippen LogP contribution in [0.1, 0.15) is 19.3 Å². The molecule has 2 aromatic heterocycles. The number of pyridine rings is 1. The van der Waals surface area contributed by atoms with E-state index in [-0.39, 0.29) is 0 Å². The van der Waals surface area contributed by atoms with Crippen molar-refractivity contribution in [3.05, 3.63) is 59.9 Å². The van der Waals surface area contributed by atoms with Gasteiger partial charge in [0.1, 0.15) is 5.82 Å². The van der Waals surface area contributed by atoms with Crippen LogP contribution in [-0.4, -0.2) is 46.0 Å². The molecule has 3 heterocycles. The lowest BCUT2D eigenvalue weighted by Gasteiger charge is -2.15. The van der Waals surface area contributed by atoms with Gasteiger partial charge in [0.25, 0.3) is 0 Å². The zero-order valence-corrected chi connectivity index (χ0v) is 16.6. The summed E-state index contributed by atoms with van der Waals surface area (Å²) in [6.07, 6.45) is 7.31. The van der Waals surface area contributed by atoms with Crippen molar-refractivity contribution >= 4 is 17.4 Å². The number of nitrogens with zero attached hydrogens (tertiary/aromatic N) is 4. The molecule has 28 heavy (non-hydrogen) atoms. The highest BCUT2D eigenvalue weighted by Gasteiger charge is 2.11. The molecule has 0 aliphatic carbocycles. The van der Waals surface area contributed by atoms with Crippen molar-refractivity contribution in [1.29, 1.82) is 0 Å². The number of hydrogen-bond donors (Lipinski definition) is 1. The second-order valence-electron chi connectivity index (χ2n) is 7.04. The Kier molecular flexibility index (Phi) is 6.14. The van der Waals surface area contributed by atoms with Gasteiger partial charge in [-0.2, -0.15) is 0 Å². The van der Waals surface area contributed by atoms with Gasteiger partial charge in [0.05, 0.1) is 5.69 Å². The predicted octanol–water partition coefficient (Wildman–Crippen LogP) is 4.76. The fraction of sp³-hybridized carbons (Fsp3) is 0.318. The third kappa shape index (κ3) is 4.86. The maximum atomic E-state index is 6.04. The summed E-state index contributed by atoms with van der Waals surface area (Å²) in [4.78, 5) is 16.2. The Labute approximate surface area is 170 Å². The van der Waals surface area contributed by atoms with Crippen molar-refractivity contribution in [2.45, 2.75) is 19.3 Å². The Bertz CT molecular complexity index is 893. The number of rotatable bonds is 7. The number of halogens is 1. The van der Waals surface area contributed by atoms with E-state index >= 15 is 0 Å². The first-order chi connectivity index (χ1) is 13.8. The van der Waals surface area contributed by atoms with Crippen LogP contribution in [0.3, 0.4) is 0 Å². The van der Waals surface area contributed by atoms with Crippen LogP contribution in [-0.2, 0) is 0 Å². The van der Waals surface area contributed by atoms with E-state index in [0.717, 1.165) is 42.1 Å². The van der Waals surface area contributed by atoms with Gasteiger partial charge >= 0.3 is 0 Å². The van der Waals surface area contributed by atoms with E-state index in [9.17, 15) is 0 Å². The maximum Gasteiger partial charge on any atom is 0.163 e. The molecule has 1 aliphatic rings. The van der Waals surface area contributed by atoms with E-state index in [2.05, 4.69) is 15.2 Å². The van der Waals surface area contributed by atoms with Gasteiger partial charge in [0.15, 0.2) is 5.82 Å². The highest BCUT2D eigenvalue weighted by molar-refractivity contribution is 6.30. The second kappa shape index (κ2) is 9.13. The maximum absolute atomic E-state index is 6.04. The van der Waals surface area contributed by atoms with Crippen LogP contribution < -0.4 is 5.32 Å². The summed E-state index contributed by atoms with van der Waals surface area (Å²) in [5, 5.41) is 4.19. The summed E-state index contributed by atoms with van der Waals surface area (Å²) in [6.45, 7) is 4.50. The summed E-state index contributed by atoms with van der Waals surface area (Å²) in [5.74, 6) is 1.50. The number of anilines is 1. The molecule has 0 amide bonds. The summed E-state index contributed by atoms with van der Waals surface area (Å²) in [5.41, 5.74) is 2.78. The Hall–Kier alpha value is -2.50. The molecular weight excluding hydrogens is 370 g/mol. The molecule has 1 fully saturated rings. The van der Waals surface area contributed by atoms with Gasteiger partial charge in [-0.05, 0) is 63.2 Å². The lowest BCUT2D eigenvalue weighted by molar-refractivity contribution is 0.337. The first-order valence-electron chi connectivity index (χ1n) is 9.79. The molecule has 0 atom stereocenters. The van der Waals surface area contributed by atoms with E-state index in [1.165, 1.54) is 25.9 Å². The van der Waals surface area contributed by atoms with Crippen LogP contribution in [0.2, 0.25) is 5.02 Å². The van der Waals surface area contributed by atoms with E-state index in [1.54, 1.807) is 12.4 Å². The molecular formula is C22H24ClN5. The van der Waals surface area contributed by atoms with Crippen LogP contribution in [0, 0.1) is 0 Å². The molecule has 3 aromatic rings. The van der Waals surface area contributed by atoms with Crippen molar-refractivity contribution in [3.8, 4) is 22.6 Å². The van der Waals surface area contributed by atoms with Crippen LogP contribution in [0.15, 0.2) is 54.9 Å². The largest absolute Gasteiger partial charge is 0.370 e. The average molecular weight is 394 g/mol. The van der Waals surface area contributed by atoms with Gasteiger partial charge in [-0.1, -0.05) is 23.7 Å². The van der Waals surface area contributed by atoms with Crippen molar-refractivity contribution in [2.75, 3.05) is 31.5 Å². The fourth-order valence-electron chi connectivity index (χ4n) is 3.46. The lowest BCUT2D eigenvalue weighted by atomic mass is 10.1. The normalized spacial score (nSPS) is 14.3. The predicted molar refractivity (Wildman–Crippen MR) is 114 cm³/mol. The lowest BCUT2D eigenvalue weighted by Crippen LogP contribution is -2.22. The Morgan fingerprint density at radius 2 is 1.82 bits per heavy atom. The van der Waals surface area contributed by atoms with E-state index in [0.29, 0.717) is 10.8 Å². The molecule has 0 unspecified atom stereocenters. The molecule has 1 N–H and O–H groups in total. The van der Waals surface area contributed by atoms with Crippen LogP contribution in [0.5, 0.6) is 0 Å². The quantitative estimate of drug-likeness (QED) is 0.586. The van der Waals surface area contributed by atoms with Gasteiger partial charge in [-0.3, -0.25) is 4.98 Å². The zero-order chi connectivity index (χ0) is 19.2. The van der Waals surface area contributed by atoms with Gasteiger partial charge < -0.3 is 10.2 Å². The van der Waals surface area contributed by atoms with Gasteiger partial charge in [0.2, 0.25) is 0 Å². The van der Waals surface area contributed by atoms with Crippen molar-refractivity contribution in [1.82, 2.24) is 19.9 Å². The third-order valence-corrected chi connectivity index (χ3v) is 5.19. The minimum Gasteiger partial charge on any atom is -0.370 e. The number of likely N-dealkylation sites (tertiary alicyclic amines) is 1.